The lowest BCUT2D eigenvalue weighted by Gasteiger charge is -2.13. The zero-order valence-corrected chi connectivity index (χ0v) is 19.4. The minimum atomic E-state index is -0.450. The van der Waals surface area contributed by atoms with Crippen molar-refractivity contribution in [2.24, 2.45) is 4.99 Å². The first-order chi connectivity index (χ1) is 16.6. The van der Waals surface area contributed by atoms with Crippen LogP contribution < -0.4 is 10.1 Å². The molecule has 0 atom stereocenters. The standard InChI is InChI=1S/C27H18ClFN2O2S/c28-19-12-9-17(10-13-19)16-33-24-14-11-18-5-1-2-6-20(18)21(24)15-25-26(32)31-27(34-25)30-23-8-4-3-7-22(23)29/h1-15H,16H2,(H,30,31,32)/b25-15-. The van der Waals surface area contributed by atoms with Crippen LogP contribution in [0.25, 0.3) is 16.8 Å². The van der Waals surface area contributed by atoms with Crippen molar-refractivity contribution in [1.29, 1.82) is 0 Å². The Hall–Kier alpha value is -3.61. The van der Waals surface area contributed by atoms with Crippen LogP contribution in [0.15, 0.2) is 94.8 Å². The Balaban J connectivity index is 1.49. The van der Waals surface area contributed by atoms with E-state index in [-0.39, 0.29) is 11.6 Å². The maximum atomic E-state index is 14.0. The Bertz CT molecular complexity index is 1450. The SMILES string of the molecule is O=C1NC(=Nc2ccccc2F)S/C1=C\c1c(OCc2ccc(Cl)cc2)ccc2ccccc12. The largest absolute Gasteiger partial charge is 0.488 e. The number of hydrogen-bond acceptors (Lipinski definition) is 4. The molecule has 1 N–H and O–H groups in total. The number of carbonyl (C=O) groups excluding carboxylic acids is 1. The zero-order chi connectivity index (χ0) is 23.5. The van der Waals surface area contributed by atoms with E-state index in [0.717, 1.165) is 33.7 Å². The summed E-state index contributed by atoms with van der Waals surface area (Å²) in [7, 11) is 0. The number of nitrogens with zero attached hydrogens (tertiary/aromatic N) is 1. The molecule has 4 aromatic rings. The molecule has 34 heavy (non-hydrogen) atoms. The highest BCUT2D eigenvalue weighted by molar-refractivity contribution is 8.18. The van der Waals surface area contributed by atoms with Crippen LogP contribution in [-0.2, 0) is 11.4 Å². The molecule has 4 nitrogen and oxygen atoms in total. The molecule has 1 aliphatic rings. The molecule has 0 bridgehead atoms. The number of fused-ring (bicyclic) bond motifs is 1. The minimum absolute atomic E-state index is 0.170. The molecule has 1 amide bonds. The van der Waals surface area contributed by atoms with Crippen LogP contribution in [0.1, 0.15) is 11.1 Å². The number of aliphatic imine (C=N–C) groups is 1. The lowest BCUT2D eigenvalue weighted by molar-refractivity contribution is -0.115. The molecule has 7 heteroatoms. The van der Waals surface area contributed by atoms with Crippen molar-refractivity contribution < 1.29 is 13.9 Å². The first kappa shape index (κ1) is 22.2. The third-order valence-electron chi connectivity index (χ3n) is 5.24. The molecule has 168 valence electrons. The monoisotopic (exact) mass is 488 g/mol. The van der Waals surface area contributed by atoms with Gasteiger partial charge in [-0.05, 0) is 64.5 Å². The molecular formula is C27H18ClFN2O2S. The van der Waals surface area contributed by atoms with E-state index >= 15 is 0 Å². The van der Waals surface area contributed by atoms with E-state index in [0.29, 0.717) is 27.5 Å². The number of ether oxygens (including phenoxy) is 1. The van der Waals surface area contributed by atoms with Gasteiger partial charge >= 0.3 is 0 Å². The van der Waals surface area contributed by atoms with Crippen LogP contribution in [0.4, 0.5) is 10.1 Å². The number of nitrogens with one attached hydrogen (secondary N) is 1. The van der Waals surface area contributed by atoms with Crippen LogP contribution in [0.3, 0.4) is 0 Å². The number of hydrogen-bond donors (Lipinski definition) is 1. The molecule has 1 saturated heterocycles. The average molecular weight is 489 g/mol. The van der Waals surface area contributed by atoms with E-state index in [1.54, 1.807) is 24.3 Å². The van der Waals surface area contributed by atoms with Crippen LogP contribution in [0.2, 0.25) is 5.02 Å². The minimum Gasteiger partial charge on any atom is -0.488 e. The highest BCUT2D eigenvalue weighted by Gasteiger charge is 2.25. The van der Waals surface area contributed by atoms with Crippen molar-refractivity contribution in [3.8, 4) is 5.75 Å². The number of carbonyl (C=O) groups is 1. The molecular weight excluding hydrogens is 471 g/mol. The summed E-state index contributed by atoms with van der Waals surface area (Å²) in [6, 6.07) is 25.4. The van der Waals surface area contributed by atoms with Gasteiger partial charge in [0.05, 0.1) is 4.91 Å². The molecule has 4 aromatic carbocycles. The topological polar surface area (TPSA) is 50.7 Å². The first-order valence-electron chi connectivity index (χ1n) is 10.5. The second-order valence-corrected chi connectivity index (χ2v) is 9.01. The maximum Gasteiger partial charge on any atom is 0.264 e. The highest BCUT2D eigenvalue weighted by atomic mass is 35.5. The number of amidine groups is 1. The quantitative estimate of drug-likeness (QED) is 0.305. The molecule has 0 radical (unpaired) electrons. The number of rotatable bonds is 5. The molecule has 1 fully saturated rings. The van der Waals surface area contributed by atoms with E-state index < -0.39 is 5.82 Å². The molecule has 1 aliphatic heterocycles. The van der Waals surface area contributed by atoms with Gasteiger partial charge in [-0.15, -0.1) is 0 Å². The van der Waals surface area contributed by atoms with Gasteiger partial charge in [-0.3, -0.25) is 4.79 Å². The lowest BCUT2D eigenvalue weighted by Crippen LogP contribution is -2.19. The third-order valence-corrected chi connectivity index (χ3v) is 6.40. The summed E-state index contributed by atoms with van der Waals surface area (Å²) in [6.45, 7) is 0.352. The number of para-hydroxylation sites is 1. The number of amides is 1. The van der Waals surface area contributed by atoms with Crippen LogP contribution in [0, 0.1) is 5.82 Å². The first-order valence-corrected chi connectivity index (χ1v) is 11.7. The fourth-order valence-electron chi connectivity index (χ4n) is 3.56. The Morgan fingerprint density at radius 3 is 2.56 bits per heavy atom. The van der Waals surface area contributed by atoms with Gasteiger partial charge in [0.2, 0.25) is 0 Å². The fraction of sp³-hybridized carbons (Fsp3) is 0.0370. The Morgan fingerprint density at radius 1 is 0.971 bits per heavy atom. The van der Waals surface area contributed by atoms with Gasteiger partial charge in [-0.1, -0.05) is 66.2 Å². The second kappa shape index (κ2) is 9.71. The number of thioether (sulfide) groups is 1. The molecule has 0 unspecified atom stereocenters. The van der Waals surface area contributed by atoms with Crippen molar-refractivity contribution >= 4 is 57.0 Å². The predicted octanol–water partition coefficient (Wildman–Crippen LogP) is 7.10. The molecule has 5 rings (SSSR count). The summed E-state index contributed by atoms with van der Waals surface area (Å²) in [4.78, 5) is 17.4. The van der Waals surface area contributed by atoms with Gasteiger partial charge < -0.3 is 10.1 Å². The van der Waals surface area contributed by atoms with Crippen molar-refractivity contribution in [2.75, 3.05) is 0 Å². The van der Waals surface area contributed by atoms with E-state index in [1.807, 2.05) is 60.7 Å². The van der Waals surface area contributed by atoms with Crippen molar-refractivity contribution in [3.63, 3.8) is 0 Å². The van der Waals surface area contributed by atoms with Gasteiger partial charge in [0, 0.05) is 10.6 Å². The van der Waals surface area contributed by atoms with Crippen LogP contribution in [-0.4, -0.2) is 11.1 Å². The van der Waals surface area contributed by atoms with Gasteiger partial charge in [0.25, 0.3) is 5.91 Å². The third kappa shape index (κ3) is 4.83. The number of halogens is 2. The Kier molecular flexibility index (Phi) is 6.34. The molecule has 0 saturated carbocycles. The summed E-state index contributed by atoms with van der Waals surface area (Å²) < 4.78 is 20.1. The van der Waals surface area contributed by atoms with E-state index in [1.165, 1.54) is 6.07 Å². The Labute approximate surface area is 205 Å². The Morgan fingerprint density at radius 2 is 1.74 bits per heavy atom. The molecule has 1 heterocycles. The molecule has 0 aromatic heterocycles. The second-order valence-electron chi connectivity index (χ2n) is 7.55. The summed E-state index contributed by atoms with van der Waals surface area (Å²) >= 11 is 7.14. The fourth-order valence-corrected chi connectivity index (χ4v) is 4.50. The average Bonchev–Trinajstić information content (AvgIpc) is 3.19. The van der Waals surface area contributed by atoms with Crippen molar-refractivity contribution in [3.05, 3.63) is 112 Å². The normalized spacial score (nSPS) is 15.8. The predicted molar refractivity (Wildman–Crippen MR) is 137 cm³/mol. The zero-order valence-electron chi connectivity index (χ0n) is 17.8. The summed E-state index contributed by atoms with van der Waals surface area (Å²) in [5, 5.41) is 5.68. The summed E-state index contributed by atoms with van der Waals surface area (Å²) in [6.07, 6.45) is 1.80. The van der Waals surface area contributed by atoms with Crippen LogP contribution in [0.5, 0.6) is 5.75 Å². The highest BCUT2D eigenvalue weighted by Crippen LogP contribution is 2.35. The van der Waals surface area contributed by atoms with Gasteiger partial charge in [0.1, 0.15) is 23.9 Å². The van der Waals surface area contributed by atoms with E-state index in [4.69, 9.17) is 16.3 Å². The number of benzene rings is 4. The smallest absolute Gasteiger partial charge is 0.264 e. The van der Waals surface area contributed by atoms with E-state index in [2.05, 4.69) is 10.3 Å². The summed E-state index contributed by atoms with van der Waals surface area (Å²) in [5.74, 6) is -0.0973. The maximum absolute atomic E-state index is 14.0. The molecule has 0 spiro atoms. The van der Waals surface area contributed by atoms with Gasteiger partial charge in [-0.2, -0.15) is 0 Å². The van der Waals surface area contributed by atoms with E-state index in [9.17, 15) is 9.18 Å². The lowest BCUT2D eigenvalue weighted by atomic mass is 10.0. The molecule has 0 aliphatic carbocycles. The van der Waals surface area contributed by atoms with Gasteiger partial charge in [0.15, 0.2) is 5.17 Å². The summed E-state index contributed by atoms with van der Waals surface area (Å²) in [5.41, 5.74) is 1.93. The van der Waals surface area contributed by atoms with Crippen LogP contribution >= 0.6 is 23.4 Å². The van der Waals surface area contributed by atoms with Gasteiger partial charge in [-0.25, -0.2) is 9.38 Å². The van der Waals surface area contributed by atoms with Crippen molar-refractivity contribution in [1.82, 2.24) is 5.32 Å². The van der Waals surface area contributed by atoms with Crippen molar-refractivity contribution in [2.45, 2.75) is 6.61 Å².